The third-order valence-corrected chi connectivity index (χ3v) is 5.80. The van der Waals surface area contributed by atoms with Gasteiger partial charge in [0.15, 0.2) is 11.5 Å². The van der Waals surface area contributed by atoms with Crippen LogP contribution in [0.15, 0.2) is 78.2 Å². The molecule has 7 heteroatoms. The molecule has 0 aliphatic carbocycles. The fourth-order valence-electron chi connectivity index (χ4n) is 4.08. The van der Waals surface area contributed by atoms with Gasteiger partial charge in [-0.05, 0) is 56.2 Å². The minimum atomic E-state index is -0.526. The zero-order chi connectivity index (χ0) is 26.4. The van der Waals surface area contributed by atoms with E-state index >= 15 is 0 Å². The molecular formula is C30H28N2O5. The first-order chi connectivity index (χ1) is 17.9. The predicted octanol–water partition coefficient (Wildman–Crippen LogP) is 5.63. The summed E-state index contributed by atoms with van der Waals surface area (Å²) in [6.45, 7) is 6.75. The number of benzene rings is 3. The number of rotatable bonds is 8. The SMILES string of the molecule is CCOc1ccc(C2C(C#N)=C(N)Oc3cc(OC(=O)/C=C/c4ccc(C)cc4)ccc32)cc1OCC. The number of nitrogens with zero attached hydrogens (tertiary/aromatic N) is 1. The minimum Gasteiger partial charge on any atom is -0.490 e. The van der Waals surface area contributed by atoms with Gasteiger partial charge < -0.3 is 24.7 Å². The Labute approximate surface area is 216 Å². The molecule has 188 valence electrons. The van der Waals surface area contributed by atoms with E-state index in [9.17, 15) is 10.1 Å². The summed E-state index contributed by atoms with van der Waals surface area (Å²) in [7, 11) is 0. The Morgan fingerprint density at radius 2 is 1.76 bits per heavy atom. The number of aryl methyl sites for hydroxylation is 1. The summed E-state index contributed by atoms with van der Waals surface area (Å²) < 4.78 is 22.7. The lowest BCUT2D eigenvalue weighted by molar-refractivity contribution is -0.128. The molecule has 7 nitrogen and oxygen atoms in total. The molecule has 0 aromatic heterocycles. The van der Waals surface area contributed by atoms with Gasteiger partial charge in [0.2, 0.25) is 5.88 Å². The number of esters is 1. The van der Waals surface area contributed by atoms with Crippen LogP contribution in [0.4, 0.5) is 0 Å². The molecule has 0 fully saturated rings. The van der Waals surface area contributed by atoms with E-state index in [1.807, 2.05) is 63.2 Å². The van der Waals surface area contributed by atoms with Gasteiger partial charge in [-0.2, -0.15) is 5.26 Å². The third kappa shape index (κ3) is 5.76. The molecule has 3 aromatic carbocycles. The lowest BCUT2D eigenvalue weighted by Gasteiger charge is -2.27. The number of hydrogen-bond donors (Lipinski definition) is 1. The molecule has 0 saturated carbocycles. The highest BCUT2D eigenvalue weighted by molar-refractivity contribution is 5.88. The van der Waals surface area contributed by atoms with Gasteiger partial charge in [-0.3, -0.25) is 0 Å². The summed E-state index contributed by atoms with van der Waals surface area (Å²) in [6.07, 6.45) is 3.06. The molecule has 1 aliphatic heterocycles. The summed E-state index contributed by atoms with van der Waals surface area (Å²) in [5, 5.41) is 9.87. The van der Waals surface area contributed by atoms with Crippen LogP contribution in [-0.4, -0.2) is 19.2 Å². The Balaban J connectivity index is 1.62. The molecule has 1 heterocycles. The van der Waals surface area contributed by atoms with Crippen LogP contribution in [0.1, 0.15) is 42.0 Å². The summed E-state index contributed by atoms with van der Waals surface area (Å²) >= 11 is 0. The van der Waals surface area contributed by atoms with E-state index in [0.29, 0.717) is 41.8 Å². The Morgan fingerprint density at radius 3 is 2.46 bits per heavy atom. The van der Waals surface area contributed by atoms with Crippen LogP contribution in [0.25, 0.3) is 6.08 Å². The molecule has 0 saturated heterocycles. The first kappa shape index (κ1) is 25.4. The monoisotopic (exact) mass is 496 g/mol. The summed E-state index contributed by atoms with van der Waals surface area (Å²) in [5.74, 6) is 0.881. The molecule has 0 bridgehead atoms. The molecule has 3 aromatic rings. The first-order valence-electron chi connectivity index (χ1n) is 12.0. The van der Waals surface area contributed by atoms with E-state index in [2.05, 4.69) is 6.07 Å². The maximum Gasteiger partial charge on any atom is 0.336 e. The van der Waals surface area contributed by atoms with E-state index in [-0.39, 0.29) is 11.5 Å². The van der Waals surface area contributed by atoms with Gasteiger partial charge in [0, 0.05) is 17.7 Å². The normalized spacial score (nSPS) is 14.5. The van der Waals surface area contributed by atoms with Crippen molar-refractivity contribution in [3.05, 3.63) is 100 Å². The Bertz CT molecular complexity index is 1400. The van der Waals surface area contributed by atoms with Crippen LogP contribution in [-0.2, 0) is 4.79 Å². The summed E-state index contributed by atoms with van der Waals surface area (Å²) in [6, 6.07) is 20.5. The van der Waals surface area contributed by atoms with Gasteiger partial charge in [-0.1, -0.05) is 42.0 Å². The number of allylic oxidation sites excluding steroid dienone is 1. The Kier molecular flexibility index (Phi) is 7.80. The number of hydrogen-bond acceptors (Lipinski definition) is 7. The fraction of sp³-hybridized carbons (Fsp3) is 0.200. The number of carbonyl (C=O) groups excluding carboxylic acids is 1. The van der Waals surface area contributed by atoms with Crippen LogP contribution >= 0.6 is 0 Å². The standard InChI is InChI=1S/C30H28N2O5/c1-4-34-25-14-11-21(16-27(25)35-5-2)29-23-13-12-22(17-26(23)37-30(32)24(29)18-31)36-28(33)15-10-20-8-6-19(3)7-9-20/h6-17,29H,4-5,32H2,1-3H3/b15-10+. The van der Waals surface area contributed by atoms with Crippen LogP contribution < -0.4 is 24.7 Å². The molecule has 1 atom stereocenters. The van der Waals surface area contributed by atoms with E-state index in [4.69, 9.17) is 24.7 Å². The zero-order valence-corrected chi connectivity index (χ0v) is 21.0. The topological polar surface area (TPSA) is 104 Å². The van der Waals surface area contributed by atoms with Gasteiger partial charge in [0.05, 0.1) is 19.1 Å². The number of nitrogens with two attached hydrogens (primary N) is 1. The first-order valence-corrected chi connectivity index (χ1v) is 12.0. The lowest BCUT2D eigenvalue weighted by atomic mass is 9.83. The zero-order valence-electron chi connectivity index (χ0n) is 21.0. The molecule has 0 spiro atoms. The third-order valence-electron chi connectivity index (χ3n) is 5.80. The molecule has 0 amide bonds. The van der Waals surface area contributed by atoms with Crippen molar-refractivity contribution in [2.45, 2.75) is 26.7 Å². The van der Waals surface area contributed by atoms with Crippen molar-refractivity contribution in [2.75, 3.05) is 13.2 Å². The maximum atomic E-state index is 12.4. The highest BCUT2D eigenvalue weighted by atomic mass is 16.5. The molecule has 37 heavy (non-hydrogen) atoms. The number of carbonyl (C=O) groups is 1. The van der Waals surface area contributed by atoms with Crippen molar-refractivity contribution in [1.29, 1.82) is 5.26 Å². The maximum absolute atomic E-state index is 12.4. The molecule has 2 N–H and O–H groups in total. The highest BCUT2D eigenvalue weighted by Gasteiger charge is 2.31. The Hall–Kier alpha value is -4.70. The average molecular weight is 497 g/mol. The van der Waals surface area contributed by atoms with Gasteiger partial charge in [-0.25, -0.2) is 4.79 Å². The number of ether oxygens (including phenoxy) is 4. The van der Waals surface area contributed by atoms with Crippen molar-refractivity contribution in [3.63, 3.8) is 0 Å². The highest BCUT2D eigenvalue weighted by Crippen LogP contribution is 2.45. The average Bonchev–Trinajstić information content (AvgIpc) is 2.89. The van der Waals surface area contributed by atoms with Crippen molar-refractivity contribution >= 4 is 12.0 Å². The van der Waals surface area contributed by atoms with Crippen molar-refractivity contribution in [1.82, 2.24) is 0 Å². The van der Waals surface area contributed by atoms with E-state index in [1.165, 1.54) is 6.08 Å². The Morgan fingerprint density at radius 1 is 1.03 bits per heavy atom. The van der Waals surface area contributed by atoms with Gasteiger partial charge >= 0.3 is 5.97 Å². The van der Waals surface area contributed by atoms with Crippen molar-refractivity contribution in [2.24, 2.45) is 5.73 Å². The second-order valence-electron chi connectivity index (χ2n) is 8.36. The summed E-state index contributed by atoms with van der Waals surface area (Å²) in [4.78, 5) is 12.4. The van der Waals surface area contributed by atoms with Crippen LogP contribution in [0.5, 0.6) is 23.0 Å². The van der Waals surface area contributed by atoms with Gasteiger partial charge in [0.25, 0.3) is 0 Å². The molecule has 0 radical (unpaired) electrons. The molecular weight excluding hydrogens is 468 g/mol. The fourth-order valence-corrected chi connectivity index (χ4v) is 4.08. The van der Waals surface area contributed by atoms with Crippen LogP contribution in [0.2, 0.25) is 0 Å². The largest absolute Gasteiger partial charge is 0.490 e. The second-order valence-corrected chi connectivity index (χ2v) is 8.36. The molecule has 1 aliphatic rings. The predicted molar refractivity (Wildman–Crippen MR) is 140 cm³/mol. The second kappa shape index (κ2) is 11.4. The van der Waals surface area contributed by atoms with Crippen molar-refractivity contribution < 1.29 is 23.7 Å². The van der Waals surface area contributed by atoms with Gasteiger partial charge in [0.1, 0.15) is 23.1 Å². The smallest absolute Gasteiger partial charge is 0.336 e. The molecule has 1 unspecified atom stereocenters. The van der Waals surface area contributed by atoms with E-state index < -0.39 is 11.9 Å². The molecule has 4 rings (SSSR count). The van der Waals surface area contributed by atoms with E-state index in [0.717, 1.165) is 16.7 Å². The quantitative estimate of drug-likeness (QED) is 0.245. The van der Waals surface area contributed by atoms with Gasteiger partial charge in [-0.15, -0.1) is 0 Å². The minimum absolute atomic E-state index is 0.00501. The van der Waals surface area contributed by atoms with E-state index in [1.54, 1.807) is 24.3 Å². The number of fused-ring (bicyclic) bond motifs is 1. The van der Waals surface area contributed by atoms with Crippen molar-refractivity contribution in [3.8, 4) is 29.1 Å². The van der Waals surface area contributed by atoms with Crippen LogP contribution in [0.3, 0.4) is 0 Å². The number of nitriles is 1. The summed E-state index contributed by atoms with van der Waals surface area (Å²) in [5.41, 5.74) is 9.96. The van der Waals surface area contributed by atoms with Crippen LogP contribution in [0, 0.1) is 18.3 Å². The lowest BCUT2D eigenvalue weighted by Crippen LogP contribution is -2.21.